The van der Waals surface area contributed by atoms with Crippen molar-refractivity contribution in [1.82, 2.24) is 9.38 Å². The first-order chi connectivity index (χ1) is 15.2. The number of benzene rings is 2. The highest BCUT2D eigenvalue weighted by Gasteiger charge is 2.10. The van der Waals surface area contributed by atoms with Gasteiger partial charge in [-0.3, -0.25) is 0 Å². The Bertz CT molecular complexity index is 1440. The minimum Gasteiger partial charge on any atom is -0.493 e. The lowest BCUT2D eigenvalue weighted by Crippen LogP contribution is -2.06. The van der Waals surface area contributed by atoms with Gasteiger partial charge in [-0.15, -0.1) is 0 Å². The minimum absolute atomic E-state index is 0.258. The lowest BCUT2D eigenvalue weighted by molar-refractivity contribution is 0.302. The molecule has 154 valence electrons. The van der Waals surface area contributed by atoms with Crippen LogP contribution >= 0.6 is 0 Å². The molecule has 5 rings (SSSR count). The van der Waals surface area contributed by atoms with Gasteiger partial charge in [0.2, 0.25) is 0 Å². The van der Waals surface area contributed by atoms with E-state index in [1.54, 1.807) is 42.6 Å². The monoisotopic (exact) mass is 415 g/mol. The molecule has 0 unspecified atom stereocenters. The van der Waals surface area contributed by atoms with Gasteiger partial charge in [0.25, 0.3) is 0 Å². The van der Waals surface area contributed by atoms with Crippen LogP contribution in [-0.4, -0.2) is 21.2 Å². The molecular weight excluding hydrogens is 397 g/mol. The van der Waals surface area contributed by atoms with E-state index in [1.165, 1.54) is 12.1 Å². The predicted molar refractivity (Wildman–Crippen MR) is 113 cm³/mol. The number of aromatic nitrogens is 2. The van der Waals surface area contributed by atoms with E-state index in [1.807, 2.05) is 28.9 Å². The number of fused-ring (bicyclic) bond motifs is 2. The van der Waals surface area contributed by atoms with Gasteiger partial charge in [0.15, 0.2) is 5.76 Å². The highest BCUT2D eigenvalue weighted by atomic mass is 19.1. The van der Waals surface area contributed by atoms with Crippen LogP contribution in [0.5, 0.6) is 5.75 Å². The maximum atomic E-state index is 13.0. The van der Waals surface area contributed by atoms with Gasteiger partial charge in [0.05, 0.1) is 23.7 Å². The molecule has 31 heavy (non-hydrogen) atoms. The van der Waals surface area contributed by atoms with Crippen molar-refractivity contribution in [3.8, 4) is 17.2 Å². The molecule has 0 aliphatic carbocycles. The number of hydrogen-bond donors (Lipinski definition) is 1. The summed E-state index contributed by atoms with van der Waals surface area (Å²) < 4.78 is 26.8. The molecule has 0 fully saturated rings. The summed E-state index contributed by atoms with van der Waals surface area (Å²) in [6, 6.07) is 17.2. The quantitative estimate of drug-likeness (QED) is 0.331. The van der Waals surface area contributed by atoms with Gasteiger partial charge in [-0.2, -0.15) is 0 Å². The average Bonchev–Trinajstić information content (AvgIpc) is 3.27. The highest BCUT2D eigenvalue weighted by molar-refractivity contribution is 5.79. The molecule has 0 saturated carbocycles. The van der Waals surface area contributed by atoms with Crippen LogP contribution in [0.15, 0.2) is 88.8 Å². The Morgan fingerprint density at radius 3 is 2.81 bits per heavy atom. The second-order valence-corrected chi connectivity index (χ2v) is 7.09. The van der Waals surface area contributed by atoms with E-state index in [-0.39, 0.29) is 5.82 Å². The van der Waals surface area contributed by atoms with Crippen LogP contribution in [0.4, 0.5) is 4.39 Å². The molecule has 0 bridgehead atoms. The molecule has 0 atom stereocenters. The van der Waals surface area contributed by atoms with E-state index < -0.39 is 0 Å². The molecule has 3 aromatic heterocycles. The van der Waals surface area contributed by atoms with Crippen molar-refractivity contribution in [1.29, 1.82) is 0 Å². The molecule has 0 spiro atoms. The third kappa shape index (κ3) is 3.85. The molecule has 0 aliphatic heterocycles. The van der Waals surface area contributed by atoms with Gasteiger partial charge in [0.1, 0.15) is 28.2 Å². The normalized spacial score (nSPS) is 12.0. The smallest absolute Gasteiger partial charge is 0.156 e. The van der Waals surface area contributed by atoms with Crippen LogP contribution in [0.2, 0.25) is 0 Å². The lowest BCUT2D eigenvalue weighted by atomic mass is 10.1. The molecule has 0 saturated heterocycles. The van der Waals surface area contributed by atoms with Crippen molar-refractivity contribution in [2.24, 2.45) is 5.16 Å². The van der Waals surface area contributed by atoms with Crippen molar-refractivity contribution in [3.05, 3.63) is 96.0 Å². The molecule has 0 amide bonds. The summed E-state index contributed by atoms with van der Waals surface area (Å²) in [5.74, 6) is 0.848. The van der Waals surface area contributed by atoms with Crippen molar-refractivity contribution in [2.45, 2.75) is 6.42 Å². The van der Waals surface area contributed by atoms with Crippen LogP contribution in [0, 0.1) is 5.82 Å². The van der Waals surface area contributed by atoms with Gasteiger partial charge >= 0.3 is 0 Å². The first kappa shape index (κ1) is 18.9. The van der Waals surface area contributed by atoms with Gasteiger partial charge in [0, 0.05) is 24.9 Å². The Labute approximate surface area is 176 Å². The van der Waals surface area contributed by atoms with Crippen molar-refractivity contribution in [2.75, 3.05) is 6.61 Å². The second kappa shape index (κ2) is 7.95. The Kier molecular flexibility index (Phi) is 4.84. The summed E-state index contributed by atoms with van der Waals surface area (Å²) in [4.78, 5) is 4.44. The predicted octanol–water partition coefficient (Wildman–Crippen LogP) is 4.80. The maximum absolute atomic E-state index is 13.0. The zero-order chi connectivity index (χ0) is 21.2. The Morgan fingerprint density at radius 1 is 1.10 bits per heavy atom. The molecule has 0 radical (unpaired) electrons. The zero-order valence-corrected chi connectivity index (χ0v) is 16.4. The molecule has 5 aromatic rings. The summed E-state index contributed by atoms with van der Waals surface area (Å²) in [5, 5.41) is 14.0. The van der Waals surface area contributed by atoms with Crippen LogP contribution in [0.25, 0.3) is 27.9 Å². The number of rotatable bonds is 5. The van der Waals surface area contributed by atoms with E-state index in [2.05, 4.69) is 10.1 Å². The summed E-state index contributed by atoms with van der Waals surface area (Å²) >= 11 is 0. The summed E-state index contributed by atoms with van der Waals surface area (Å²) in [5.41, 5.74) is 3.12. The first-order valence-corrected chi connectivity index (χ1v) is 9.76. The Hall–Kier alpha value is -4.13. The highest BCUT2D eigenvalue weighted by Crippen LogP contribution is 2.24. The van der Waals surface area contributed by atoms with Crippen LogP contribution in [-0.2, 0) is 6.42 Å². The number of nitrogens with zero attached hydrogens (tertiary/aromatic N) is 3. The standard InChI is InChI=1S/C24H18FN3O3/c25-17-5-3-16(4-6-17)9-11-30-19-7-8-23-20(12-19)21(27-29)13-24(31-23)22-15-28-10-1-2-18(28)14-26-22/h1-8,10,12-15,29H,9,11H2/b27-21-. The number of hydrogen-bond acceptors (Lipinski definition) is 5. The fraction of sp³-hybridized carbons (Fsp3) is 0.0833. The van der Waals surface area contributed by atoms with Crippen molar-refractivity contribution in [3.63, 3.8) is 0 Å². The third-order valence-electron chi connectivity index (χ3n) is 5.06. The van der Waals surface area contributed by atoms with E-state index in [0.29, 0.717) is 46.6 Å². The number of ether oxygens (including phenoxy) is 1. The molecule has 6 nitrogen and oxygen atoms in total. The van der Waals surface area contributed by atoms with Gasteiger partial charge in [-0.25, -0.2) is 9.37 Å². The molecule has 2 aromatic carbocycles. The van der Waals surface area contributed by atoms with E-state index in [4.69, 9.17) is 9.15 Å². The third-order valence-corrected chi connectivity index (χ3v) is 5.06. The molecular formula is C24H18FN3O3. The summed E-state index contributed by atoms with van der Waals surface area (Å²) in [7, 11) is 0. The molecule has 7 heteroatoms. The van der Waals surface area contributed by atoms with Crippen LogP contribution in [0.1, 0.15) is 5.56 Å². The largest absolute Gasteiger partial charge is 0.493 e. The molecule has 1 N–H and O–H groups in total. The first-order valence-electron chi connectivity index (χ1n) is 9.76. The van der Waals surface area contributed by atoms with E-state index >= 15 is 0 Å². The van der Waals surface area contributed by atoms with Crippen molar-refractivity contribution >= 4 is 16.5 Å². The summed E-state index contributed by atoms with van der Waals surface area (Å²) in [6.07, 6.45) is 6.18. The number of halogens is 1. The fourth-order valence-corrected chi connectivity index (χ4v) is 3.45. The second-order valence-electron chi connectivity index (χ2n) is 7.09. The zero-order valence-electron chi connectivity index (χ0n) is 16.4. The topological polar surface area (TPSA) is 72.3 Å². The van der Waals surface area contributed by atoms with Crippen LogP contribution in [0.3, 0.4) is 0 Å². The Morgan fingerprint density at radius 2 is 1.97 bits per heavy atom. The summed E-state index contributed by atoms with van der Waals surface area (Å²) in [6.45, 7) is 0.429. The lowest BCUT2D eigenvalue weighted by Gasteiger charge is -2.09. The average molecular weight is 415 g/mol. The van der Waals surface area contributed by atoms with Crippen molar-refractivity contribution < 1.29 is 18.8 Å². The van der Waals surface area contributed by atoms with Gasteiger partial charge < -0.3 is 18.8 Å². The minimum atomic E-state index is -0.258. The maximum Gasteiger partial charge on any atom is 0.156 e. The van der Waals surface area contributed by atoms with Crippen LogP contribution < -0.4 is 10.1 Å². The van der Waals surface area contributed by atoms with Gasteiger partial charge in [-0.05, 0) is 48.0 Å². The van der Waals surface area contributed by atoms with E-state index in [0.717, 1.165) is 11.1 Å². The SMILES string of the molecule is O/N=c1/cc(-c2cn3cccc3cn2)oc2ccc(OCCc3ccc(F)cc3)cc12. The fourth-order valence-electron chi connectivity index (χ4n) is 3.45. The Balaban J connectivity index is 1.42. The van der Waals surface area contributed by atoms with E-state index in [9.17, 15) is 9.60 Å². The van der Waals surface area contributed by atoms with Gasteiger partial charge in [-0.1, -0.05) is 17.3 Å². The molecule has 0 aliphatic rings. The molecule has 3 heterocycles.